The summed E-state index contributed by atoms with van der Waals surface area (Å²) in [4.78, 5) is 51.2. The molecule has 15 nitrogen and oxygen atoms in total. The highest BCUT2D eigenvalue weighted by molar-refractivity contribution is 5.95. The largest absolute Gasteiger partial charge is 0.443 e. The van der Waals surface area contributed by atoms with Crippen molar-refractivity contribution in [1.82, 2.24) is 40.2 Å². The number of nitrogens with one attached hydrogen (secondary N) is 2. The molecular weight excluding hydrogens is 763 g/mol. The van der Waals surface area contributed by atoms with E-state index in [9.17, 15) is 24.6 Å². The van der Waals surface area contributed by atoms with Crippen molar-refractivity contribution in [2.75, 3.05) is 4.90 Å². The van der Waals surface area contributed by atoms with Gasteiger partial charge in [0.2, 0.25) is 0 Å². The third-order valence-electron chi connectivity index (χ3n) is 9.86. The number of aliphatic hydroxyl groups excluding tert-OH is 2. The molecule has 0 unspecified atom stereocenters. The van der Waals surface area contributed by atoms with Crippen LogP contribution in [0.5, 0.6) is 0 Å². The zero-order valence-electron chi connectivity index (χ0n) is 35.0. The Balaban J connectivity index is 1.15. The van der Waals surface area contributed by atoms with Crippen molar-refractivity contribution in [3.8, 4) is 0 Å². The standard InChI is InChI=1S/C45H51N9O6/c1-28-16-40(50-30(3)38(28)20-46-42(57)36-18-48-52(24-36)22-32-8-12-34(26-55)13-9-32)54(44(59)60-45(5,6)7)41-17-29(2)39(31(4)51-41)21-47-43(58)37-19-49-53(25-37)23-33-10-14-35(27-56)15-11-33/h8-19,24-25,55-56H,20-23,26-27H2,1-7H3,(H,46,57)(H,47,58). The number of pyridine rings is 2. The molecule has 0 saturated heterocycles. The van der Waals surface area contributed by atoms with Crippen molar-refractivity contribution in [3.63, 3.8) is 0 Å². The Morgan fingerprint density at radius 1 is 0.650 bits per heavy atom. The van der Waals surface area contributed by atoms with Gasteiger partial charge in [0.25, 0.3) is 11.8 Å². The third kappa shape index (κ3) is 10.7. The number of benzene rings is 2. The monoisotopic (exact) mass is 813 g/mol. The molecule has 6 rings (SSSR count). The van der Waals surface area contributed by atoms with E-state index < -0.39 is 11.7 Å². The molecule has 0 aliphatic rings. The van der Waals surface area contributed by atoms with Crippen molar-refractivity contribution in [2.24, 2.45) is 0 Å². The smallest absolute Gasteiger partial charge is 0.421 e. The van der Waals surface area contributed by atoms with Crippen LogP contribution in [0, 0.1) is 27.7 Å². The van der Waals surface area contributed by atoms with E-state index in [-0.39, 0.29) is 38.1 Å². The van der Waals surface area contributed by atoms with Gasteiger partial charge < -0.3 is 25.6 Å². The second kappa shape index (κ2) is 18.5. The maximum absolute atomic E-state index is 13.9. The number of anilines is 2. The Morgan fingerprint density at radius 2 is 1.03 bits per heavy atom. The van der Waals surface area contributed by atoms with Crippen molar-refractivity contribution in [1.29, 1.82) is 0 Å². The summed E-state index contributed by atoms with van der Waals surface area (Å²) in [6.45, 7) is 14.1. The van der Waals surface area contributed by atoms with Gasteiger partial charge in [-0.2, -0.15) is 10.2 Å². The summed E-state index contributed by atoms with van der Waals surface area (Å²) in [6, 6.07) is 18.6. The van der Waals surface area contributed by atoms with Gasteiger partial charge >= 0.3 is 6.09 Å². The second-order valence-electron chi connectivity index (χ2n) is 15.7. The third-order valence-corrected chi connectivity index (χ3v) is 9.86. The average Bonchev–Trinajstić information content (AvgIpc) is 3.87. The lowest BCUT2D eigenvalue weighted by Crippen LogP contribution is -2.35. The molecule has 0 aliphatic heterocycles. The molecular formula is C45H51N9O6. The minimum atomic E-state index is -0.811. The molecule has 0 fully saturated rings. The SMILES string of the molecule is Cc1cc(N(C(=O)OC(C)(C)C)c2cc(C)c(CNC(=O)c3cnn(Cc4ccc(CO)cc4)c3)c(C)n2)nc(C)c1CNC(=O)c1cnn(Cc2ccc(CO)cc2)c1. The number of carbonyl (C=O) groups excluding carboxylic acids is 3. The lowest BCUT2D eigenvalue weighted by atomic mass is 10.1. The number of nitrogens with zero attached hydrogens (tertiary/aromatic N) is 7. The molecule has 4 N–H and O–H groups in total. The van der Waals surface area contributed by atoms with Crippen LogP contribution in [-0.2, 0) is 44.1 Å². The van der Waals surface area contributed by atoms with Gasteiger partial charge in [-0.1, -0.05) is 48.5 Å². The minimum Gasteiger partial charge on any atom is -0.443 e. The number of aromatic nitrogens is 6. The summed E-state index contributed by atoms with van der Waals surface area (Å²) >= 11 is 0. The van der Waals surface area contributed by atoms with E-state index in [4.69, 9.17) is 14.7 Å². The van der Waals surface area contributed by atoms with E-state index in [0.717, 1.165) is 44.5 Å². The van der Waals surface area contributed by atoms with Gasteiger partial charge in [0.1, 0.15) is 17.2 Å². The fourth-order valence-corrected chi connectivity index (χ4v) is 6.60. The zero-order valence-corrected chi connectivity index (χ0v) is 35.0. The summed E-state index contributed by atoms with van der Waals surface area (Å²) in [7, 11) is 0. The van der Waals surface area contributed by atoms with Gasteiger partial charge in [-0.05, 0) is 105 Å². The van der Waals surface area contributed by atoms with Crippen LogP contribution in [0.15, 0.2) is 85.5 Å². The van der Waals surface area contributed by atoms with Crippen molar-refractivity contribution in [2.45, 2.75) is 93.5 Å². The first-order chi connectivity index (χ1) is 28.6. The lowest BCUT2D eigenvalue weighted by molar-refractivity contribution is 0.0596. The number of aliphatic hydroxyl groups is 2. The zero-order chi connectivity index (χ0) is 43.1. The molecule has 312 valence electrons. The Bertz CT molecular complexity index is 2280. The van der Waals surface area contributed by atoms with Crippen LogP contribution in [0.4, 0.5) is 16.4 Å². The average molecular weight is 814 g/mol. The maximum atomic E-state index is 13.9. The first-order valence-corrected chi connectivity index (χ1v) is 19.6. The van der Waals surface area contributed by atoms with Crippen LogP contribution in [0.1, 0.15) is 97.4 Å². The van der Waals surface area contributed by atoms with Gasteiger partial charge in [-0.3, -0.25) is 19.0 Å². The molecule has 4 aromatic heterocycles. The van der Waals surface area contributed by atoms with Crippen LogP contribution >= 0.6 is 0 Å². The number of hydrogen-bond donors (Lipinski definition) is 4. The predicted molar refractivity (Wildman–Crippen MR) is 226 cm³/mol. The van der Waals surface area contributed by atoms with Gasteiger partial charge in [0.15, 0.2) is 0 Å². The molecule has 60 heavy (non-hydrogen) atoms. The van der Waals surface area contributed by atoms with Crippen molar-refractivity contribution in [3.05, 3.63) is 152 Å². The van der Waals surface area contributed by atoms with E-state index in [1.165, 1.54) is 17.3 Å². The first-order valence-electron chi connectivity index (χ1n) is 19.6. The number of carbonyl (C=O) groups is 3. The van der Waals surface area contributed by atoms with Crippen molar-refractivity contribution < 1.29 is 29.3 Å². The lowest BCUT2D eigenvalue weighted by Gasteiger charge is -2.28. The summed E-state index contributed by atoms with van der Waals surface area (Å²) in [5, 5.41) is 33.2. The van der Waals surface area contributed by atoms with Gasteiger partial charge in [0, 0.05) is 36.9 Å². The minimum absolute atomic E-state index is 0.0259. The van der Waals surface area contributed by atoms with Crippen LogP contribution in [0.3, 0.4) is 0 Å². The second-order valence-corrected chi connectivity index (χ2v) is 15.7. The molecule has 0 radical (unpaired) electrons. The molecule has 3 amide bonds. The van der Waals surface area contributed by atoms with Crippen LogP contribution in [0.25, 0.3) is 0 Å². The molecule has 6 aromatic rings. The fourth-order valence-electron chi connectivity index (χ4n) is 6.60. The summed E-state index contributed by atoms with van der Waals surface area (Å²) < 4.78 is 9.20. The van der Waals surface area contributed by atoms with E-state index in [0.29, 0.717) is 47.2 Å². The number of hydrogen-bond acceptors (Lipinski definition) is 10. The molecule has 0 spiro atoms. The van der Waals surface area contributed by atoms with Crippen molar-refractivity contribution >= 4 is 29.5 Å². The summed E-state index contributed by atoms with van der Waals surface area (Å²) in [6.07, 6.45) is 5.75. The van der Waals surface area contributed by atoms with E-state index in [1.807, 2.05) is 76.2 Å². The van der Waals surface area contributed by atoms with E-state index in [2.05, 4.69) is 20.8 Å². The predicted octanol–water partition coefficient (Wildman–Crippen LogP) is 6.12. The Hall–Kier alpha value is -6.71. The molecule has 0 aliphatic carbocycles. The molecule has 0 bridgehead atoms. The normalized spacial score (nSPS) is 11.3. The van der Waals surface area contributed by atoms with Crippen LogP contribution in [0.2, 0.25) is 0 Å². The highest BCUT2D eigenvalue weighted by atomic mass is 16.6. The maximum Gasteiger partial charge on any atom is 0.421 e. The van der Waals surface area contributed by atoms with E-state index >= 15 is 0 Å². The van der Waals surface area contributed by atoms with Gasteiger partial charge in [-0.15, -0.1) is 0 Å². The Labute approximate surface area is 349 Å². The highest BCUT2D eigenvalue weighted by Crippen LogP contribution is 2.30. The van der Waals surface area contributed by atoms with Gasteiger partial charge in [-0.25, -0.2) is 19.7 Å². The van der Waals surface area contributed by atoms with E-state index in [1.54, 1.807) is 54.7 Å². The number of aryl methyl sites for hydroxylation is 4. The first kappa shape index (κ1) is 42.9. The summed E-state index contributed by atoms with van der Waals surface area (Å²) in [5.74, 6) is 0.0176. The topological polar surface area (TPSA) is 190 Å². The molecule has 0 saturated carbocycles. The molecule has 4 heterocycles. The Morgan fingerprint density at radius 3 is 1.38 bits per heavy atom. The summed E-state index contributed by atoms with van der Waals surface area (Å²) in [5.41, 5.74) is 8.02. The van der Waals surface area contributed by atoms with Crippen LogP contribution < -0.4 is 15.5 Å². The highest BCUT2D eigenvalue weighted by Gasteiger charge is 2.29. The quantitative estimate of drug-likeness (QED) is 0.0998. The van der Waals surface area contributed by atoms with Gasteiger partial charge in [0.05, 0.1) is 49.8 Å². The van der Waals surface area contributed by atoms with Crippen LogP contribution in [-0.4, -0.2) is 63.3 Å². The number of ether oxygens (including phenoxy) is 1. The molecule has 2 aromatic carbocycles. The molecule has 15 heteroatoms. The molecule has 0 atom stereocenters. The Kier molecular flexibility index (Phi) is 13.2. The fraction of sp³-hybridized carbons (Fsp3) is 0.311. The number of amides is 3. The number of rotatable bonds is 14.